The molecule has 2 aromatic carbocycles. The number of aromatic nitrogens is 2. The molecule has 8 heteroatoms. The molecule has 0 unspecified atom stereocenters. The number of nitrogens with zero attached hydrogens (tertiary/aromatic N) is 2. The highest BCUT2D eigenvalue weighted by Gasteiger charge is 2.30. The van der Waals surface area contributed by atoms with Crippen LogP contribution >= 0.6 is 0 Å². The van der Waals surface area contributed by atoms with Gasteiger partial charge in [-0.1, -0.05) is 37.3 Å². The molecular weight excluding hydrogens is 433 g/mol. The zero-order chi connectivity index (χ0) is 24.0. The van der Waals surface area contributed by atoms with E-state index < -0.39 is 17.7 Å². The Labute approximate surface area is 190 Å². The highest BCUT2D eigenvalue weighted by atomic mass is 19.4. The number of alkyl halides is 3. The van der Waals surface area contributed by atoms with E-state index in [1.54, 1.807) is 6.20 Å². The molecular formula is C25H27F3N2O3. The zero-order valence-electron chi connectivity index (χ0n) is 18.6. The number of carboxylic acids is 1. The fourth-order valence-corrected chi connectivity index (χ4v) is 3.66. The molecule has 0 radical (unpaired) electrons. The van der Waals surface area contributed by atoms with Crippen LogP contribution in [0.15, 0.2) is 54.7 Å². The lowest BCUT2D eigenvalue weighted by Gasteiger charge is -2.16. The summed E-state index contributed by atoms with van der Waals surface area (Å²) in [5, 5.41) is 8.86. The lowest BCUT2D eigenvalue weighted by Crippen LogP contribution is -2.09. The van der Waals surface area contributed by atoms with Crippen molar-refractivity contribution in [2.75, 3.05) is 6.61 Å². The topological polar surface area (TPSA) is 64.4 Å². The van der Waals surface area contributed by atoms with E-state index in [0.717, 1.165) is 42.0 Å². The number of aliphatic carboxylic acids is 1. The Morgan fingerprint density at radius 1 is 1.15 bits per heavy atom. The number of hydrogen-bond donors (Lipinski definition) is 1. The number of imidazole rings is 1. The first-order chi connectivity index (χ1) is 15.6. The van der Waals surface area contributed by atoms with Crippen molar-refractivity contribution in [2.24, 2.45) is 5.92 Å². The summed E-state index contributed by atoms with van der Waals surface area (Å²) in [6, 6.07) is 12.6. The van der Waals surface area contributed by atoms with Gasteiger partial charge in [0.1, 0.15) is 11.6 Å². The standard InChI is InChI=1S/C25H27F3N2O3/c1-17(14-23(31)32)6-5-13-33-22-8-4-3-7-20(22)16-30-18(2)15-29-24(30)19-9-11-21(12-10-19)25(26,27)28/h3-4,7-12,15,17H,5-6,13-14,16H2,1-2H3,(H,31,32)/t17-/m0/s1. The van der Waals surface area contributed by atoms with Crippen molar-refractivity contribution in [3.8, 4) is 17.1 Å². The zero-order valence-corrected chi connectivity index (χ0v) is 18.6. The first kappa shape index (κ1) is 24.4. The van der Waals surface area contributed by atoms with Gasteiger partial charge in [-0.3, -0.25) is 4.79 Å². The van der Waals surface area contributed by atoms with E-state index in [2.05, 4.69) is 4.98 Å². The highest BCUT2D eigenvalue weighted by molar-refractivity contribution is 5.66. The van der Waals surface area contributed by atoms with Gasteiger partial charge < -0.3 is 14.4 Å². The van der Waals surface area contributed by atoms with E-state index in [0.29, 0.717) is 24.5 Å². The average molecular weight is 460 g/mol. The normalized spacial score (nSPS) is 12.5. The molecule has 0 saturated carbocycles. The summed E-state index contributed by atoms with van der Waals surface area (Å²) < 4.78 is 46.6. The van der Waals surface area contributed by atoms with Crippen LogP contribution < -0.4 is 4.74 Å². The summed E-state index contributed by atoms with van der Waals surface area (Å²) in [5.74, 6) is 0.586. The Hall–Kier alpha value is -3.29. The number of carbonyl (C=O) groups is 1. The van der Waals surface area contributed by atoms with Crippen LogP contribution in [0.4, 0.5) is 13.2 Å². The van der Waals surface area contributed by atoms with Crippen molar-refractivity contribution >= 4 is 5.97 Å². The molecule has 3 rings (SSSR count). The maximum atomic E-state index is 12.9. The number of aryl methyl sites for hydroxylation is 1. The van der Waals surface area contributed by atoms with Crippen molar-refractivity contribution in [2.45, 2.75) is 45.8 Å². The minimum absolute atomic E-state index is 0.0845. The molecule has 0 amide bonds. The van der Waals surface area contributed by atoms with Crippen LogP contribution in [0.5, 0.6) is 5.75 Å². The molecule has 0 aliphatic rings. The molecule has 0 aliphatic carbocycles. The third kappa shape index (κ3) is 6.60. The van der Waals surface area contributed by atoms with E-state index >= 15 is 0 Å². The second-order valence-corrected chi connectivity index (χ2v) is 8.19. The Morgan fingerprint density at radius 2 is 1.85 bits per heavy atom. The molecule has 33 heavy (non-hydrogen) atoms. The molecule has 0 fully saturated rings. The number of hydrogen-bond acceptors (Lipinski definition) is 3. The molecule has 0 bridgehead atoms. The largest absolute Gasteiger partial charge is 0.493 e. The van der Waals surface area contributed by atoms with Crippen molar-refractivity contribution in [1.29, 1.82) is 0 Å². The molecule has 0 aliphatic heterocycles. The first-order valence-corrected chi connectivity index (χ1v) is 10.8. The molecule has 1 N–H and O–H groups in total. The van der Waals surface area contributed by atoms with Gasteiger partial charge in [-0.25, -0.2) is 4.98 Å². The summed E-state index contributed by atoms with van der Waals surface area (Å²) in [6.45, 7) is 4.73. The molecule has 0 spiro atoms. The molecule has 1 aromatic heterocycles. The number of para-hydroxylation sites is 1. The van der Waals surface area contributed by atoms with Gasteiger partial charge >= 0.3 is 12.1 Å². The van der Waals surface area contributed by atoms with Gasteiger partial charge in [0, 0.05) is 29.4 Å². The lowest BCUT2D eigenvalue weighted by atomic mass is 10.0. The number of rotatable bonds is 10. The van der Waals surface area contributed by atoms with Gasteiger partial charge in [-0.15, -0.1) is 0 Å². The fourth-order valence-electron chi connectivity index (χ4n) is 3.66. The smallest absolute Gasteiger partial charge is 0.416 e. The van der Waals surface area contributed by atoms with Gasteiger partial charge in [0.15, 0.2) is 0 Å². The van der Waals surface area contributed by atoms with Crippen LogP contribution in [0.1, 0.15) is 43.0 Å². The fraction of sp³-hybridized carbons (Fsp3) is 0.360. The van der Waals surface area contributed by atoms with Gasteiger partial charge in [0.05, 0.1) is 18.7 Å². The summed E-state index contributed by atoms with van der Waals surface area (Å²) >= 11 is 0. The molecule has 176 valence electrons. The monoisotopic (exact) mass is 460 g/mol. The number of carboxylic acid groups (broad SMARTS) is 1. The van der Waals surface area contributed by atoms with E-state index in [1.165, 1.54) is 12.1 Å². The number of halogens is 3. The Balaban J connectivity index is 1.72. The highest BCUT2D eigenvalue weighted by Crippen LogP contribution is 2.31. The van der Waals surface area contributed by atoms with Gasteiger partial charge in [0.2, 0.25) is 0 Å². The third-order valence-electron chi connectivity index (χ3n) is 5.45. The number of benzene rings is 2. The predicted octanol–water partition coefficient (Wildman–Crippen LogP) is 6.20. The second-order valence-electron chi connectivity index (χ2n) is 8.19. The predicted molar refractivity (Wildman–Crippen MR) is 119 cm³/mol. The maximum Gasteiger partial charge on any atom is 0.416 e. The van der Waals surface area contributed by atoms with E-state index in [1.807, 2.05) is 42.7 Å². The quantitative estimate of drug-likeness (QED) is 0.366. The average Bonchev–Trinajstić information content (AvgIpc) is 3.11. The summed E-state index contributed by atoms with van der Waals surface area (Å²) in [5.41, 5.74) is 1.70. The SMILES string of the molecule is Cc1cnc(-c2ccc(C(F)(F)F)cc2)n1Cc1ccccc1OCCC[C@H](C)CC(=O)O. The van der Waals surface area contributed by atoms with Crippen molar-refractivity contribution in [3.05, 3.63) is 71.5 Å². The molecule has 1 heterocycles. The molecule has 0 saturated heterocycles. The van der Waals surface area contributed by atoms with Crippen molar-refractivity contribution in [3.63, 3.8) is 0 Å². The van der Waals surface area contributed by atoms with Crippen molar-refractivity contribution in [1.82, 2.24) is 9.55 Å². The van der Waals surface area contributed by atoms with Crippen LogP contribution in [0.25, 0.3) is 11.4 Å². The molecule has 1 atom stereocenters. The summed E-state index contributed by atoms with van der Waals surface area (Å²) in [6.07, 6.45) is -1.05. The number of ether oxygens (including phenoxy) is 1. The third-order valence-corrected chi connectivity index (χ3v) is 5.45. The van der Waals surface area contributed by atoms with Crippen LogP contribution in [0.2, 0.25) is 0 Å². The Kier molecular flexibility index (Phi) is 7.79. The van der Waals surface area contributed by atoms with Gasteiger partial charge in [-0.2, -0.15) is 13.2 Å². The van der Waals surface area contributed by atoms with Crippen LogP contribution in [0, 0.1) is 12.8 Å². The summed E-state index contributed by atoms with van der Waals surface area (Å²) in [4.78, 5) is 15.2. The minimum atomic E-state index is -4.38. The maximum absolute atomic E-state index is 12.9. The first-order valence-electron chi connectivity index (χ1n) is 10.8. The molecule has 3 aromatic rings. The van der Waals surface area contributed by atoms with Gasteiger partial charge in [-0.05, 0) is 43.9 Å². The van der Waals surface area contributed by atoms with Crippen molar-refractivity contribution < 1.29 is 27.8 Å². The van der Waals surface area contributed by atoms with Gasteiger partial charge in [0.25, 0.3) is 0 Å². The van der Waals surface area contributed by atoms with E-state index in [-0.39, 0.29) is 12.3 Å². The minimum Gasteiger partial charge on any atom is -0.493 e. The van der Waals surface area contributed by atoms with E-state index in [9.17, 15) is 18.0 Å². The molecule has 5 nitrogen and oxygen atoms in total. The second kappa shape index (κ2) is 10.6. The Morgan fingerprint density at radius 3 is 2.52 bits per heavy atom. The van der Waals surface area contributed by atoms with Crippen LogP contribution in [-0.4, -0.2) is 27.2 Å². The lowest BCUT2D eigenvalue weighted by molar-refractivity contribution is -0.138. The van der Waals surface area contributed by atoms with Crippen LogP contribution in [0.3, 0.4) is 0 Å². The van der Waals surface area contributed by atoms with Crippen LogP contribution in [-0.2, 0) is 17.5 Å². The Bertz CT molecular complexity index is 1080. The summed E-state index contributed by atoms with van der Waals surface area (Å²) in [7, 11) is 0. The van der Waals surface area contributed by atoms with E-state index in [4.69, 9.17) is 9.84 Å².